The van der Waals surface area contributed by atoms with Crippen LogP contribution in [-0.4, -0.2) is 146 Å². The maximum Gasteiger partial charge on any atom is 0.253 e. The smallest absolute Gasteiger partial charge is 0.253 e. The summed E-state index contributed by atoms with van der Waals surface area (Å²) in [6.45, 7) is 5.31. The lowest BCUT2D eigenvalue weighted by atomic mass is 9.68. The average molecular weight is 1080 g/mol. The van der Waals surface area contributed by atoms with Crippen LogP contribution in [0.1, 0.15) is 66.4 Å². The Morgan fingerprint density at radius 3 is 1.95 bits per heavy atom. The van der Waals surface area contributed by atoms with Gasteiger partial charge in [0.25, 0.3) is 5.91 Å². The molecule has 0 unspecified atom stereocenters. The van der Waals surface area contributed by atoms with Crippen LogP contribution in [0.15, 0.2) is 116 Å². The molecule has 4 aliphatic rings. The SMILES string of the molecule is N#Cc1cc(-c2nccc3[nH]c(-c4ccc(N5CCOCC5)cc4)cc23)ccc1OC1CC(CO)(CO)C1.N#Cc1cc(-c2ncnc3[nH]c(-c4cccc(C(=O)N5CCCCC5)c4)cc23)ccc1OC1CCN(C(=O)CO)CC1. The van der Waals surface area contributed by atoms with Crippen LogP contribution in [0.5, 0.6) is 11.5 Å². The number of hydrogen-bond donors (Lipinski definition) is 5. The van der Waals surface area contributed by atoms with E-state index in [1.165, 1.54) is 18.4 Å². The highest BCUT2D eigenvalue weighted by Gasteiger charge is 2.45. The lowest BCUT2D eigenvalue weighted by Crippen LogP contribution is -2.49. The van der Waals surface area contributed by atoms with Gasteiger partial charge in [-0.25, -0.2) is 9.97 Å². The molecule has 8 aromatic rings. The summed E-state index contributed by atoms with van der Waals surface area (Å²) in [5.74, 6) is 0.776. The molecule has 0 radical (unpaired) electrons. The fourth-order valence-electron chi connectivity index (χ4n) is 11.3. The molecule has 0 atom stereocenters. The number of nitrogens with one attached hydrogen (secondary N) is 2. The molecule has 12 rings (SSSR count). The lowest BCUT2D eigenvalue weighted by molar-refractivity contribution is -0.135. The summed E-state index contributed by atoms with van der Waals surface area (Å²) in [5, 5.41) is 49.7. The number of rotatable bonds is 13. The number of likely N-dealkylation sites (tertiary alicyclic amines) is 2. The van der Waals surface area contributed by atoms with Gasteiger partial charge in [-0.15, -0.1) is 0 Å². The highest BCUT2D eigenvalue weighted by molar-refractivity contribution is 5.98. The van der Waals surface area contributed by atoms with Gasteiger partial charge in [0.1, 0.15) is 54.4 Å². The molecule has 0 spiro atoms. The number of ether oxygens (including phenoxy) is 3. The second-order valence-electron chi connectivity index (χ2n) is 21.0. The first-order valence-electron chi connectivity index (χ1n) is 27.3. The van der Waals surface area contributed by atoms with E-state index in [1.54, 1.807) is 23.2 Å². The first-order chi connectivity index (χ1) is 39.1. The summed E-state index contributed by atoms with van der Waals surface area (Å²) in [4.78, 5) is 51.2. The molecule has 5 N–H and O–H groups in total. The van der Waals surface area contributed by atoms with Crippen molar-refractivity contribution in [3.8, 4) is 68.7 Å². The van der Waals surface area contributed by atoms with Crippen molar-refractivity contribution in [2.45, 2.75) is 57.2 Å². The van der Waals surface area contributed by atoms with E-state index in [-0.39, 0.29) is 37.2 Å². The van der Waals surface area contributed by atoms with Gasteiger partial charge in [-0.3, -0.25) is 14.6 Å². The summed E-state index contributed by atoms with van der Waals surface area (Å²) in [6, 6.07) is 37.7. The molecular weight excluding hydrogens is 1010 g/mol. The predicted molar refractivity (Wildman–Crippen MR) is 302 cm³/mol. The maximum absolute atomic E-state index is 13.1. The second-order valence-corrected chi connectivity index (χ2v) is 21.0. The summed E-state index contributed by atoms with van der Waals surface area (Å²) >= 11 is 0. The molecule has 18 heteroatoms. The van der Waals surface area contributed by atoms with E-state index in [0.29, 0.717) is 78.3 Å². The third-order valence-electron chi connectivity index (χ3n) is 15.8. The number of anilines is 1. The van der Waals surface area contributed by atoms with Gasteiger partial charge in [0.2, 0.25) is 5.91 Å². The van der Waals surface area contributed by atoms with Gasteiger partial charge in [0.05, 0.1) is 48.9 Å². The molecule has 408 valence electrons. The molecule has 1 saturated carbocycles. The molecule has 2 amide bonds. The van der Waals surface area contributed by atoms with Gasteiger partial charge in [0, 0.05) is 114 Å². The number of carbonyl (C=O) groups is 2. The molecule has 18 nitrogen and oxygen atoms in total. The minimum Gasteiger partial charge on any atom is -0.489 e. The van der Waals surface area contributed by atoms with Crippen molar-refractivity contribution in [3.05, 3.63) is 132 Å². The standard InChI is InChI=1S/C32H32N6O4.C30H30N4O4/c33-18-24-16-22(7-8-28(24)42-25-9-13-37(14-10-25)29(40)19-39)30-26-17-27(36-31(26)35-20-34-30)21-5-4-6-23(15-21)32(41)38-11-2-1-3-12-38;31-17-22-13-21(3-6-28(22)38-24-15-30(16-24,18-35)19-36)29-25-14-27(33-26(25)7-8-32-29)20-1-4-23(5-2-20)34-9-11-37-12-10-34/h4-8,15-17,20,25,39H,1-3,9-14,19H2,(H,34,35,36);1-8,13-14,24,33,35-36H,9-12,15-16,18-19H2. The van der Waals surface area contributed by atoms with E-state index < -0.39 is 12.0 Å². The number of aromatic amines is 2. The number of nitriles is 2. The van der Waals surface area contributed by atoms with Gasteiger partial charge >= 0.3 is 0 Å². The predicted octanol–water partition coefficient (Wildman–Crippen LogP) is 8.27. The Kier molecular flexibility index (Phi) is 15.8. The molecule has 1 aliphatic carbocycles. The number of aromatic nitrogens is 5. The molecule has 80 heavy (non-hydrogen) atoms. The van der Waals surface area contributed by atoms with E-state index >= 15 is 0 Å². The van der Waals surface area contributed by atoms with Gasteiger partial charge in [-0.2, -0.15) is 10.5 Å². The normalized spacial score (nSPS) is 16.5. The van der Waals surface area contributed by atoms with E-state index in [4.69, 9.17) is 19.3 Å². The Morgan fingerprint density at radius 1 is 0.650 bits per heavy atom. The molecule has 3 saturated heterocycles. The number of piperidine rings is 2. The number of aliphatic hydroxyl groups is 3. The summed E-state index contributed by atoms with van der Waals surface area (Å²) in [5.41, 5.74) is 10.7. The summed E-state index contributed by atoms with van der Waals surface area (Å²) < 4.78 is 17.7. The number of H-pyrrole nitrogens is 2. The number of pyridine rings is 1. The van der Waals surface area contributed by atoms with E-state index in [9.17, 15) is 30.3 Å². The molecule has 4 aromatic carbocycles. The van der Waals surface area contributed by atoms with Crippen LogP contribution < -0.4 is 14.4 Å². The quantitative estimate of drug-likeness (QED) is 0.0729. The van der Waals surface area contributed by atoms with Gasteiger partial charge in [-0.05, 0) is 122 Å². The second kappa shape index (κ2) is 23.8. The average Bonchev–Trinajstić information content (AvgIpc) is 4.17. The van der Waals surface area contributed by atoms with Crippen LogP contribution >= 0.6 is 0 Å². The van der Waals surface area contributed by atoms with Crippen molar-refractivity contribution < 1.29 is 39.1 Å². The topological polar surface area (TPSA) is 250 Å². The highest BCUT2D eigenvalue weighted by atomic mass is 16.5. The Balaban J connectivity index is 0.000000170. The molecule has 7 heterocycles. The Labute approximate surface area is 462 Å². The molecule has 4 aromatic heterocycles. The van der Waals surface area contributed by atoms with Crippen molar-refractivity contribution in [3.63, 3.8) is 0 Å². The number of nitrogens with zero attached hydrogens (tertiary/aromatic N) is 8. The van der Waals surface area contributed by atoms with Crippen LogP contribution in [0, 0.1) is 28.1 Å². The van der Waals surface area contributed by atoms with Crippen LogP contribution in [-0.2, 0) is 9.53 Å². The van der Waals surface area contributed by atoms with Crippen molar-refractivity contribution >= 4 is 39.4 Å². The van der Waals surface area contributed by atoms with Crippen LogP contribution in [0.4, 0.5) is 5.69 Å². The van der Waals surface area contributed by atoms with Crippen molar-refractivity contribution in [2.24, 2.45) is 5.41 Å². The number of fused-ring (bicyclic) bond motifs is 2. The summed E-state index contributed by atoms with van der Waals surface area (Å²) in [7, 11) is 0. The highest BCUT2D eigenvalue weighted by Crippen LogP contribution is 2.43. The number of benzene rings is 4. The zero-order chi connectivity index (χ0) is 55.2. The van der Waals surface area contributed by atoms with Crippen LogP contribution in [0.2, 0.25) is 0 Å². The van der Waals surface area contributed by atoms with E-state index in [0.717, 1.165) is 108 Å². The Hall–Kier alpha value is -8.65. The van der Waals surface area contributed by atoms with Gasteiger partial charge in [-0.1, -0.05) is 24.3 Å². The molecular formula is C62H62N10O8. The largest absolute Gasteiger partial charge is 0.489 e. The first kappa shape index (κ1) is 53.4. The number of hydrogen-bond acceptors (Lipinski definition) is 14. The van der Waals surface area contributed by atoms with Crippen LogP contribution in [0.3, 0.4) is 0 Å². The third kappa shape index (κ3) is 11.3. The fourth-order valence-corrected chi connectivity index (χ4v) is 11.3. The lowest BCUT2D eigenvalue weighted by Gasteiger charge is -2.44. The first-order valence-corrected chi connectivity index (χ1v) is 27.3. The Bertz CT molecular complexity index is 3610. The van der Waals surface area contributed by atoms with Gasteiger partial charge in [0.15, 0.2) is 0 Å². The monoisotopic (exact) mass is 1070 g/mol. The molecule has 4 fully saturated rings. The van der Waals surface area contributed by atoms with E-state index in [1.807, 2.05) is 65.6 Å². The zero-order valence-corrected chi connectivity index (χ0v) is 44.3. The van der Waals surface area contributed by atoms with Crippen molar-refractivity contribution in [1.82, 2.24) is 34.7 Å². The van der Waals surface area contributed by atoms with E-state index in [2.05, 4.69) is 72.3 Å². The number of aliphatic hydroxyl groups excluding tert-OH is 3. The van der Waals surface area contributed by atoms with Gasteiger partial charge < -0.3 is 54.2 Å². The third-order valence-corrected chi connectivity index (χ3v) is 15.8. The molecule has 0 bridgehead atoms. The number of amides is 2. The number of morpholine rings is 1. The van der Waals surface area contributed by atoms with Crippen molar-refractivity contribution in [2.75, 3.05) is 77.2 Å². The number of carbonyl (C=O) groups excluding carboxylic acids is 2. The fraction of sp³-hybridized carbons (Fsp3) is 0.339. The Morgan fingerprint density at radius 2 is 1.29 bits per heavy atom. The maximum atomic E-state index is 13.1. The minimum absolute atomic E-state index is 0.0590. The van der Waals surface area contributed by atoms with Crippen LogP contribution in [0.25, 0.3) is 67.0 Å². The zero-order valence-electron chi connectivity index (χ0n) is 44.3. The minimum atomic E-state index is -0.491. The van der Waals surface area contributed by atoms with Crippen molar-refractivity contribution in [1.29, 1.82) is 10.5 Å². The summed E-state index contributed by atoms with van der Waals surface area (Å²) in [6.07, 6.45) is 8.65. The molecule has 3 aliphatic heterocycles.